The van der Waals surface area contributed by atoms with Crippen LogP contribution in [0, 0.1) is 0 Å². The molecule has 1 heterocycles. The predicted octanol–water partition coefficient (Wildman–Crippen LogP) is 2.95. The van der Waals surface area contributed by atoms with Gasteiger partial charge in [-0.05, 0) is 62.4 Å². The number of carbonyl (C=O) groups is 2. The van der Waals surface area contributed by atoms with E-state index in [4.69, 9.17) is 21.1 Å². The van der Waals surface area contributed by atoms with Crippen molar-refractivity contribution in [1.82, 2.24) is 9.80 Å². The summed E-state index contributed by atoms with van der Waals surface area (Å²) in [4.78, 5) is 28.7. The highest BCUT2D eigenvalue weighted by molar-refractivity contribution is 6.30. The number of rotatable bonds is 6. The molecule has 0 bridgehead atoms. The largest absolute Gasteiger partial charge is 0.508 e. The van der Waals surface area contributed by atoms with E-state index in [-0.39, 0.29) is 17.6 Å². The van der Waals surface area contributed by atoms with Crippen molar-refractivity contribution in [2.45, 2.75) is 26.1 Å². The van der Waals surface area contributed by atoms with E-state index in [9.17, 15) is 14.7 Å². The fraction of sp³-hybridized carbons (Fsp3) is 0.364. The van der Waals surface area contributed by atoms with Gasteiger partial charge in [0, 0.05) is 31.2 Å². The molecule has 2 atom stereocenters. The molecule has 0 radical (unpaired) electrons. The number of carbonyl (C=O) groups excluding carboxylic acids is 2. The molecule has 3 rings (SSSR count). The van der Waals surface area contributed by atoms with Crippen molar-refractivity contribution in [3.05, 3.63) is 53.6 Å². The summed E-state index contributed by atoms with van der Waals surface area (Å²) in [5.41, 5.74) is 0. The molecule has 1 N–H and O–H groups in total. The van der Waals surface area contributed by atoms with Gasteiger partial charge in [0.1, 0.15) is 17.2 Å². The first kappa shape index (κ1) is 21.8. The Morgan fingerprint density at radius 2 is 1.17 bits per heavy atom. The van der Waals surface area contributed by atoms with Gasteiger partial charge in [-0.25, -0.2) is 0 Å². The number of piperazine rings is 1. The Morgan fingerprint density at radius 3 is 1.57 bits per heavy atom. The third-order valence-corrected chi connectivity index (χ3v) is 5.13. The highest BCUT2D eigenvalue weighted by Crippen LogP contribution is 2.19. The molecular formula is C22H25ClN2O5. The van der Waals surface area contributed by atoms with Crippen molar-refractivity contribution in [1.29, 1.82) is 0 Å². The minimum absolute atomic E-state index is 0.120. The van der Waals surface area contributed by atoms with Gasteiger partial charge in [-0.15, -0.1) is 0 Å². The van der Waals surface area contributed by atoms with Crippen LogP contribution in [0.1, 0.15) is 13.8 Å². The summed E-state index contributed by atoms with van der Waals surface area (Å²) in [6.45, 7) is 5.13. The van der Waals surface area contributed by atoms with Crippen LogP contribution in [-0.4, -0.2) is 65.1 Å². The maximum absolute atomic E-state index is 12.7. The van der Waals surface area contributed by atoms with Crippen LogP contribution in [0.4, 0.5) is 0 Å². The van der Waals surface area contributed by atoms with Crippen molar-refractivity contribution in [2.24, 2.45) is 0 Å². The zero-order valence-electron chi connectivity index (χ0n) is 17.0. The van der Waals surface area contributed by atoms with E-state index in [2.05, 4.69) is 0 Å². The van der Waals surface area contributed by atoms with Crippen LogP contribution in [-0.2, 0) is 9.59 Å². The molecule has 160 valence electrons. The average molecular weight is 433 g/mol. The molecule has 2 aromatic rings. The van der Waals surface area contributed by atoms with Crippen molar-refractivity contribution in [3.8, 4) is 17.2 Å². The van der Waals surface area contributed by atoms with E-state index in [1.807, 2.05) is 0 Å². The van der Waals surface area contributed by atoms with Gasteiger partial charge < -0.3 is 24.4 Å². The molecule has 1 aliphatic rings. The number of phenols is 1. The summed E-state index contributed by atoms with van der Waals surface area (Å²) in [6.07, 6.45) is -1.30. The van der Waals surface area contributed by atoms with Crippen LogP contribution >= 0.6 is 11.6 Å². The Balaban J connectivity index is 1.48. The van der Waals surface area contributed by atoms with E-state index in [1.54, 1.807) is 60.0 Å². The summed E-state index contributed by atoms with van der Waals surface area (Å²) in [5, 5.41) is 9.93. The fourth-order valence-corrected chi connectivity index (χ4v) is 3.33. The Kier molecular flexibility index (Phi) is 7.05. The van der Waals surface area contributed by atoms with Gasteiger partial charge in [0.15, 0.2) is 12.2 Å². The first-order chi connectivity index (χ1) is 14.3. The normalized spacial score (nSPS) is 16.0. The summed E-state index contributed by atoms with van der Waals surface area (Å²) < 4.78 is 11.4. The number of benzene rings is 2. The van der Waals surface area contributed by atoms with Crippen molar-refractivity contribution < 1.29 is 24.2 Å². The summed E-state index contributed by atoms with van der Waals surface area (Å²) in [5.74, 6) is 0.965. The smallest absolute Gasteiger partial charge is 0.263 e. The van der Waals surface area contributed by atoms with Gasteiger partial charge in [-0.1, -0.05) is 11.6 Å². The monoisotopic (exact) mass is 432 g/mol. The molecule has 0 aliphatic carbocycles. The molecule has 1 aliphatic heterocycles. The molecule has 1 fully saturated rings. The SMILES string of the molecule is CC(Oc1ccc(O)cc1)C(=O)N1CCN(C(=O)C(C)Oc2ccc(Cl)cc2)CC1. The van der Waals surface area contributed by atoms with Gasteiger partial charge in [-0.3, -0.25) is 9.59 Å². The molecule has 7 nitrogen and oxygen atoms in total. The van der Waals surface area contributed by atoms with Gasteiger partial charge in [0.2, 0.25) is 0 Å². The Bertz CT molecular complexity index is 791. The average Bonchev–Trinajstić information content (AvgIpc) is 2.76. The standard InChI is InChI=1S/C22H25ClN2O5/c1-15(29-19-7-3-17(23)4-8-19)21(27)24-11-13-25(14-12-24)22(28)16(2)30-20-9-5-18(26)6-10-20/h3-10,15-16,26H,11-14H2,1-2H3. The zero-order valence-corrected chi connectivity index (χ0v) is 17.7. The molecule has 0 spiro atoms. The predicted molar refractivity (Wildman–Crippen MR) is 113 cm³/mol. The van der Waals surface area contributed by atoms with Crippen LogP contribution in [0.3, 0.4) is 0 Å². The van der Waals surface area contributed by atoms with Crippen LogP contribution in [0.15, 0.2) is 48.5 Å². The number of hydrogen-bond acceptors (Lipinski definition) is 5. The lowest BCUT2D eigenvalue weighted by Crippen LogP contribution is -2.55. The van der Waals surface area contributed by atoms with Crippen molar-refractivity contribution in [3.63, 3.8) is 0 Å². The van der Waals surface area contributed by atoms with E-state index < -0.39 is 12.2 Å². The lowest BCUT2D eigenvalue weighted by Gasteiger charge is -2.36. The molecular weight excluding hydrogens is 408 g/mol. The quantitative estimate of drug-likeness (QED) is 0.759. The lowest BCUT2D eigenvalue weighted by atomic mass is 10.2. The van der Waals surface area contributed by atoms with Crippen LogP contribution in [0.25, 0.3) is 0 Å². The van der Waals surface area contributed by atoms with Crippen LogP contribution in [0.5, 0.6) is 17.2 Å². The topological polar surface area (TPSA) is 79.3 Å². The number of nitrogens with zero attached hydrogens (tertiary/aromatic N) is 2. The molecule has 2 amide bonds. The third kappa shape index (κ3) is 5.57. The second-order valence-corrected chi connectivity index (χ2v) is 7.55. The van der Waals surface area contributed by atoms with Crippen molar-refractivity contribution in [2.75, 3.05) is 26.2 Å². The maximum atomic E-state index is 12.7. The number of ether oxygens (including phenoxy) is 2. The molecule has 0 saturated carbocycles. The second kappa shape index (κ2) is 9.71. The van der Waals surface area contributed by atoms with Crippen molar-refractivity contribution >= 4 is 23.4 Å². The zero-order chi connectivity index (χ0) is 21.7. The number of hydrogen-bond donors (Lipinski definition) is 1. The summed E-state index contributed by atoms with van der Waals surface area (Å²) in [7, 11) is 0. The minimum atomic E-state index is -0.663. The maximum Gasteiger partial charge on any atom is 0.263 e. The van der Waals surface area contributed by atoms with Gasteiger partial charge in [0.05, 0.1) is 0 Å². The fourth-order valence-electron chi connectivity index (χ4n) is 3.21. The Hall–Kier alpha value is -2.93. The molecule has 30 heavy (non-hydrogen) atoms. The van der Waals surface area contributed by atoms with E-state index in [1.165, 1.54) is 12.1 Å². The number of halogens is 1. The first-order valence-corrected chi connectivity index (χ1v) is 10.2. The highest BCUT2D eigenvalue weighted by atomic mass is 35.5. The number of phenolic OH excluding ortho intramolecular Hbond substituents is 1. The molecule has 8 heteroatoms. The first-order valence-electron chi connectivity index (χ1n) is 9.79. The van der Waals surface area contributed by atoms with E-state index in [0.29, 0.717) is 42.7 Å². The number of amides is 2. The third-order valence-electron chi connectivity index (χ3n) is 4.87. The highest BCUT2D eigenvalue weighted by Gasteiger charge is 2.30. The Morgan fingerprint density at radius 1 is 0.800 bits per heavy atom. The number of aromatic hydroxyl groups is 1. The van der Waals surface area contributed by atoms with Gasteiger partial charge in [-0.2, -0.15) is 0 Å². The molecule has 1 saturated heterocycles. The van der Waals surface area contributed by atoms with E-state index in [0.717, 1.165) is 0 Å². The Labute approximate surface area is 180 Å². The lowest BCUT2D eigenvalue weighted by molar-refractivity contribution is -0.146. The van der Waals surface area contributed by atoms with Gasteiger partial charge >= 0.3 is 0 Å². The van der Waals surface area contributed by atoms with Gasteiger partial charge in [0.25, 0.3) is 11.8 Å². The minimum Gasteiger partial charge on any atom is -0.508 e. The molecule has 2 aromatic carbocycles. The molecule has 2 unspecified atom stereocenters. The second-order valence-electron chi connectivity index (χ2n) is 7.12. The van der Waals surface area contributed by atoms with Crippen LogP contribution < -0.4 is 9.47 Å². The van der Waals surface area contributed by atoms with E-state index >= 15 is 0 Å². The summed E-state index contributed by atoms with van der Waals surface area (Å²) >= 11 is 5.86. The van der Waals surface area contributed by atoms with Crippen LogP contribution in [0.2, 0.25) is 5.02 Å². The summed E-state index contributed by atoms with van der Waals surface area (Å²) in [6, 6.07) is 13.1. The molecule has 0 aromatic heterocycles.